The van der Waals surface area contributed by atoms with E-state index in [1.165, 1.54) is 12.1 Å². The van der Waals surface area contributed by atoms with E-state index in [4.69, 9.17) is 11.6 Å². The van der Waals surface area contributed by atoms with Gasteiger partial charge in [0.15, 0.2) is 0 Å². The summed E-state index contributed by atoms with van der Waals surface area (Å²) >= 11 is 5.69. The molecule has 0 aliphatic heterocycles. The highest BCUT2D eigenvalue weighted by molar-refractivity contribution is 6.31. The van der Waals surface area contributed by atoms with Gasteiger partial charge in [-0.2, -0.15) is 13.2 Å². The maximum Gasteiger partial charge on any atom is 0.404 e. The molecule has 0 aliphatic carbocycles. The lowest BCUT2D eigenvalue weighted by Gasteiger charge is -2.21. The molecule has 1 unspecified atom stereocenters. The third-order valence-electron chi connectivity index (χ3n) is 2.32. The topological polar surface area (TPSA) is 12.0 Å². The summed E-state index contributed by atoms with van der Waals surface area (Å²) in [5, 5.41) is 2.29. The Balaban J connectivity index is 2.94. The number of rotatable bonds is 4. The van der Waals surface area contributed by atoms with E-state index < -0.39 is 24.5 Å². The highest BCUT2D eigenvalue weighted by atomic mass is 35.5. The van der Waals surface area contributed by atoms with Crippen LogP contribution in [0.4, 0.5) is 17.6 Å². The van der Waals surface area contributed by atoms with Gasteiger partial charge in [0.25, 0.3) is 0 Å². The normalized spacial score (nSPS) is 13.8. The summed E-state index contributed by atoms with van der Waals surface area (Å²) < 4.78 is 51.2. The van der Waals surface area contributed by atoms with Crippen LogP contribution in [0.15, 0.2) is 18.2 Å². The Labute approximate surface area is 102 Å². The number of nitrogens with one attached hydrogen (secondary N) is 1. The van der Waals surface area contributed by atoms with Crippen molar-refractivity contribution in [2.75, 3.05) is 6.54 Å². The number of halogens is 5. The third-order valence-corrected chi connectivity index (χ3v) is 2.67. The van der Waals surface area contributed by atoms with Crippen LogP contribution in [-0.2, 0) is 6.42 Å². The molecule has 1 N–H and O–H groups in total. The lowest BCUT2D eigenvalue weighted by Crippen LogP contribution is -2.44. The molecule has 0 aromatic heterocycles. The second kappa shape index (κ2) is 5.69. The first-order valence-electron chi connectivity index (χ1n) is 5.09. The van der Waals surface area contributed by atoms with Gasteiger partial charge >= 0.3 is 6.18 Å². The average molecular weight is 270 g/mol. The number of benzene rings is 1. The molecule has 1 aromatic rings. The Morgan fingerprint density at radius 3 is 2.47 bits per heavy atom. The first-order chi connectivity index (χ1) is 7.86. The Morgan fingerprint density at radius 2 is 2.00 bits per heavy atom. The molecular formula is C11H12ClF4N. The summed E-state index contributed by atoms with van der Waals surface area (Å²) in [5.74, 6) is -0.718. The van der Waals surface area contributed by atoms with Crippen molar-refractivity contribution in [1.29, 1.82) is 0 Å². The molecule has 96 valence electrons. The number of hydrogen-bond acceptors (Lipinski definition) is 1. The highest BCUT2D eigenvalue weighted by Crippen LogP contribution is 2.27. The lowest BCUT2D eigenvalue weighted by molar-refractivity contribution is -0.155. The zero-order valence-corrected chi connectivity index (χ0v) is 9.87. The van der Waals surface area contributed by atoms with Crippen molar-refractivity contribution in [1.82, 2.24) is 5.32 Å². The second-order valence-corrected chi connectivity index (χ2v) is 3.96. The van der Waals surface area contributed by atoms with Gasteiger partial charge in [0.1, 0.15) is 11.9 Å². The van der Waals surface area contributed by atoms with Gasteiger partial charge in [-0.3, -0.25) is 0 Å². The van der Waals surface area contributed by atoms with Crippen molar-refractivity contribution in [3.63, 3.8) is 0 Å². The van der Waals surface area contributed by atoms with Gasteiger partial charge in [-0.25, -0.2) is 4.39 Å². The van der Waals surface area contributed by atoms with Crippen LogP contribution in [0.25, 0.3) is 0 Å². The van der Waals surface area contributed by atoms with Crippen molar-refractivity contribution < 1.29 is 17.6 Å². The fourth-order valence-corrected chi connectivity index (χ4v) is 1.72. The summed E-state index contributed by atoms with van der Waals surface area (Å²) in [7, 11) is 0. The number of hydrogen-bond donors (Lipinski definition) is 1. The van der Waals surface area contributed by atoms with Crippen LogP contribution < -0.4 is 5.32 Å². The van der Waals surface area contributed by atoms with Crippen LogP contribution >= 0.6 is 11.6 Å². The Bertz CT molecular complexity index is 358. The van der Waals surface area contributed by atoms with E-state index in [1.807, 2.05) is 0 Å². The quantitative estimate of drug-likeness (QED) is 0.824. The molecule has 1 rings (SSSR count). The van der Waals surface area contributed by atoms with Crippen LogP contribution in [0, 0.1) is 5.82 Å². The second-order valence-electron chi connectivity index (χ2n) is 3.56. The first-order valence-corrected chi connectivity index (χ1v) is 5.47. The average Bonchev–Trinajstić information content (AvgIpc) is 2.20. The minimum absolute atomic E-state index is 0.0113. The van der Waals surface area contributed by atoms with Gasteiger partial charge in [0.05, 0.1) is 0 Å². The smallest absolute Gasteiger partial charge is 0.306 e. The van der Waals surface area contributed by atoms with Crippen LogP contribution in [0.5, 0.6) is 0 Å². The fourth-order valence-electron chi connectivity index (χ4n) is 1.48. The zero-order chi connectivity index (χ0) is 13.1. The Morgan fingerprint density at radius 1 is 1.35 bits per heavy atom. The van der Waals surface area contributed by atoms with Crippen molar-refractivity contribution in [3.05, 3.63) is 34.6 Å². The van der Waals surface area contributed by atoms with Gasteiger partial charge in [-0.1, -0.05) is 24.6 Å². The van der Waals surface area contributed by atoms with Crippen molar-refractivity contribution in [3.8, 4) is 0 Å². The van der Waals surface area contributed by atoms with E-state index in [-0.39, 0.29) is 17.1 Å². The first kappa shape index (κ1) is 14.3. The van der Waals surface area contributed by atoms with Gasteiger partial charge in [-0.15, -0.1) is 0 Å². The fraction of sp³-hybridized carbons (Fsp3) is 0.455. The maximum atomic E-state index is 13.4. The molecule has 0 saturated heterocycles. The predicted molar refractivity (Wildman–Crippen MR) is 58.6 cm³/mol. The zero-order valence-electron chi connectivity index (χ0n) is 9.11. The van der Waals surface area contributed by atoms with E-state index in [2.05, 4.69) is 5.32 Å². The largest absolute Gasteiger partial charge is 0.404 e. The van der Waals surface area contributed by atoms with E-state index in [0.717, 1.165) is 6.07 Å². The van der Waals surface area contributed by atoms with Crippen LogP contribution in [0.2, 0.25) is 5.02 Å². The third kappa shape index (κ3) is 3.85. The van der Waals surface area contributed by atoms with E-state index in [0.29, 0.717) is 0 Å². The van der Waals surface area contributed by atoms with Crippen molar-refractivity contribution >= 4 is 11.6 Å². The summed E-state index contributed by atoms with van der Waals surface area (Å²) in [5.41, 5.74) is -0.113. The summed E-state index contributed by atoms with van der Waals surface area (Å²) in [6, 6.07) is 2.04. The molecule has 17 heavy (non-hydrogen) atoms. The molecule has 1 aromatic carbocycles. The molecule has 6 heteroatoms. The molecule has 0 heterocycles. The Hall–Kier alpha value is -0.810. The van der Waals surface area contributed by atoms with Crippen LogP contribution in [-0.4, -0.2) is 18.8 Å². The lowest BCUT2D eigenvalue weighted by atomic mass is 10.0. The molecule has 0 bridgehead atoms. The standard InChI is InChI=1S/C11H12ClF4N/c1-2-17-10(11(14,15)16)6-7-8(12)4-3-5-9(7)13/h3-5,10,17H,2,6H2,1H3. The van der Waals surface area contributed by atoms with Crippen LogP contribution in [0.3, 0.4) is 0 Å². The highest BCUT2D eigenvalue weighted by Gasteiger charge is 2.39. The molecule has 0 spiro atoms. The summed E-state index contributed by atoms with van der Waals surface area (Å²) in [6.07, 6.45) is -4.94. The van der Waals surface area contributed by atoms with E-state index >= 15 is 0 Å². The maximum absolute atomic E-state index is 13.4. The monoisotopic (exact) mass is 269 g/mol. The minimum Gasteiger partial charge on any atom is -0.306 e. The molecular weight excluding hydrogens is 258 g/mol. The molecule has 1 atom stereocenters. The predicted octanol–water partition coefficient (Wildman–Crippen LogP) is 3.56. The van der Waals surface area contributed by atoms with Gasteiger partial charge < -0.3 is 5.32 Å². The van der Waals surface area contributed by atoms with E-state index in [1.54, 1.807) is 6.92 Å². The molecule has 0 saturated carbocycles. The summed E-state index contributed by atoms with van der Waals surface area (Å²) in [6.45, 7) is 1.71. The molecule has 1 nitrogen and oxygen atoms in total. The molecule has 0 aliphatic rings. The molecule has 0 fully saturated rings. The van der Waals surface area contributed by atoms with Gasteiger partial charge in [-0.05, 0) is 18.7 Å². The SMILES string of the molecule is CCNC(Cc1c(F)cccc1Cl)C(F)(F)F. The van der Waals surface area contributed by atoms with E-state index in [9.17, 15) is 17.6 Å². The minimum atomic E-state index is -4.43. The number of alkyl halides is 3. The van der Waals surface area contributed by atoms with Crippen molar-refractivity contribution in [2.24, 2.45) is 0 Å². The van der Waals surface area contributed by atoms with Gasteiger partial charge in [0.2, 0.25) is 0 Å². The van der Waals surface area contributed by atoms with Crippen molar-refractivity contribution in [2.45, 2.75) is 25.6 Å². The molecule has 0 radical (unpaired) electrons. The van der Waals surface area contributed by atoms with Gasteiger partial charge in [0, 0.05) is 17.0 Å². The van der Waals surface area contributed by atoms with Crippen LogP contribution in [0.1, 0.15) is 12.5 Å². The summed E-state index contributed by atoms with van der Waals surface area (Å²) in [4.78, 5) is 0. The number of likely N-dealkylation sites (N-methyl/N-ethyl adjacent to an activating group) is 1. The Kier molecular flexibility index (Phi) is 4.77. The molecule has 0 amide bonds.